The maximum absolute atomic E-state index is 12.7. The van der Waals surface area contributed by atoms with Crippen molar-refractivity contribution in [1.82, 2.24) is 4.57 Å². The van der Waals surface area contributed by atoms with Gasteiger partial charge in [-0.1, -0.05) is 11.6 Å². The van der Waals surface area contributed by atoms with Gasteiger partial charge in [0.15, 0.2) is 0 Å². The minimum absolute atomic E-state index is 0.0654. The molecule has 3 aromatic rings. The van der Waals surface area contributed by atoms with Gasteiger partial charge in [0.05, 0.1) is 18.7 Å². The molecule has 7 heteroatoms. The van der Waals surface area contributed by atoms with Crippen molar-refractivity contribution in [1.29, 1.82) is 0 Å². The second-order valence-corrected chi connectivity index (χ2v) is 6.95. The van der Waals surface area contributed by atoms with Crippen molar-refractivity contribution in [3.05, 3.63) is 64.8 Å². The predicted octanol–water partition coefficient (Wildman–Crippen LogP) is 4.23. The average molecular weight is 418 g/mol. The topological polar surface area (TPSA) is 77.8 Å². The molecule has 29 heavy (non-hydrogen) atoms. The number of nitrogens with zero attached hydrogens (tertiary/aromatic N) is 1. The number of aromatic nitrogens is 1. The van der Waals surface area contributed by atoms with Crippen molar-refractivity contribution in [2.45, 2.75) is 26.9 Å². The first-order valence-electron chi connectivity index (χ1n) is 9.00. The highest BCUT2D eigenvalue weighted by atomic mass is 35.5. The molecule has 154 valence electrons. The van der Waals surface area contributed by atoms with E-state index in [9.17, 15) is 9.59 Å². The van der Waals surface area contributed by atoms with Crippen LogP contribution in [0, 0.1) is 6.92 Å². The number of fused-ring (bicyclic) bond motifs is 1. The number of aliphatic hydroxyl groups is 1. The molecule has 0 saturated heterocycles. The first-order chi connectivity index (χ1) is 13.7. The number of halogens is 1. The van der Waals surface area contributed by atoms with Crippen LogP contribution in [-0.2, 0) is 9.53 Å². The standard InChI is InChI=1S/C17H14ClNO2.C5H10O3/c1-11-9-13-10-15(21-2)7-8-16(13)19(11)17(20)12-3-5-14(18)6-4-12;1-4(6)3-8-5(2)7/h3-10H,1-2H3;4,6H,3H2,1-2H3. The van der Waals surface area contributed by atoms with E-state index in [1.165, 1.54) is 6.92 Å². The quantitative estimate of drug-likeness (QED) is 0.643. The van der Waals surface area contributed by atoms with E-state index < -0.39 is 6.10 Å². The van der Waals surface area contributed by atoms with Gasteiger partial charge >= 0.3 is 5.97 Å². The number of hydrogen-bond donors (Lipinski definition) is 1. The van der Waals surface area contributed by atoms with Gasteiger partial charge < -0.3 is 14.6 Å². The smallest absolute Gasteiger partial charge is 0.302 e. The van der Waals surface area contributed by atoms with E-state index in [4.69, 9.17) is 21.4 Å². The Labute approximate surface area is 174 Å². The molecule has 0 bridgehead atoms. The summed E-state index contributed by atoms with van der Waals surface area (Å²) in [6.45, 7) is 4.88. The maximum Gasteiger partial charge on any atom is 0.302 e. The van der Waals surface area contributed by atoms with E-state index >= 15 is 0 Å². The van der Waals surface area contributed by atoms with E-state index in [-0.39, 0.29) is 18.5 Å². The summed E-state index contributed by atoms with van der Waals surface area (Å²) in [6.07, 6.45) is -0.557. The molecule has 0 aliphatic rings. The third-order valence-corrected chi connectivity index (χ3v) is 4.27. The Kier molecular flexibility index (Phi) is 7.82. The van der Waals surface area contributed by atoms with Gasteiger partial charge in [-0.2, -0.15) is 0 Å². The van der Waals surface area contributed by atoms with Crippen LogP contribution < -0.4 is 4.74 Å². The number of methoxy groups -OCH3 is 1. The van der Waals surface area contributed by atoms with E-state index in [0.29, 0.717) is 10.6 Å². The lowest BCUT2D eigenvalue weighted by Crippen LogP contribution is -2.13. The molecule has 0 aliphatic carbocycles. The van der Waals surface area contributed by atoms with Crippen LogP contribution in [0.4, 0.5) is 0 Å². The largest absolute Gasteiger partial charge is 0.497 e. The third kappa shape index (κ3) is 6.07. The lowest BCUT2D eigenvalue weighted by Gasteiger charge is -2.07. The normalized spacial score (nSPS) is 11.4. The lowest BCUT2D eigenvalue weighted by atomic mass is 10.2. The Morgan fingerprint density at radius 3 is 2.31 bits per heavy atom. The summed E-state index contributed by atoms with van der Waals surface area (Å²) >= 11 is 5.87. The number of aliphatic hydroxyl groups excluding tert-OH is 1. The minimum atomic E-state index is -0.557. The Balaban J connectivity index is 0.000000321. The summed E-state index contributed by atoms with van der Waals surface area (Å²) in [5, 5.41) is 10.1. The van der Waals surface area contributed by atoms with Crippen LogP contribution in [-0.4, -0.2) is 41.4 Å². The number of rotatable bonds is 4. The van der Waals surface area contributed by atoms with Crippen molar-refractivity contribution >= 4 is 34.4 Å². The zero-order valence-corrected chi connectivity index (χ0v) is 17.6. The molecule has 1 atom stereocenters. The summed E-state index contributed by atoms with van der Waals surface area (Å²) in [6, 6.07) is 14.6. The first kappa shape index (κ1) is 22.5. The molecule has 1 heterocycles. The van der Waals surface area contributed by atoms with E-state index in [0.717, 1.165) is 22.3 Å². The Morgan fingerprint density at radius 2 is 1.79 bits per heavy atom. The molecule has 0 saturated carbocycles. The Morgan fingerprint density at radius 1 is 1.14 bits per heavy atom. The molecule has 6 nitrogen and oxygen atoms in total. The highest BCUT2D eigenvalue weighted by molar-refractivity contribution is 6.30. The van der Waals surface area contributed by atoms with Crippen LogP contribution in [0.1, 0.15) is 29.9 Å². The third-order valence-electron chi connectivity index (χ3n) is 4.01. The second-order valence-electron chi connectivity index (χ2n) is 6.51. The molecule has 0 aliphatic heterocycles. The molecule has 0 spiro atoms. The van der Waals surface area contributed by atoms with E-state index in [2.05, 4.69) is 4.74 Å². The molecule has 0 amide bonds. The van der Waals surface area contributed by atoms with Crippen LogP contribution in [0.5, 0.6) is 5.75 Å². The van der Waals surface area contributed by atoms with Gasteiger partial charge in [-0.05, 0) is 62.4 Å². The lowest BCUT2D eigenvalue weighted by molar-refractivity contribution is -0.143. The summed E-state index contributed by atoms with van der Waals surface area (Å²) < 4.78 is 11.3. The predicted molar refractivity (Wildman–Crippen MR) is 113 cm³/mol. The Hall–Kier alpha value is -2.83. The van der Waals surface area contributed by atoms with Gasteiger partial charge in [0.25, 0.3) is 5.91 Å². The molecular weight excluding hydrogens is 394 g/mol. The minimum Gasteiger partial charge on any atom is -0.497 e. The van der Waals surface area contributed by atoms with Gasteiger partial charge in [0.1, 0.15) is 12.4 Å². The van der Waals surface area contributed by atoms with Crippen molar-refractivity contribution < 1.29 is 24.2 Å². The number of esters is 1. The monoisotopic (exact) mass is 417 g/mol. The highest BCUT2D eigenvalue weighted by Crippen LogP contribution is 2.25. The van der Waals surface area contributed by atoms with Crippen molar-refractivity contribution in [2.24, 2.45) is 0 Å². The maximum atomic E-state index is 12.7. The fourth-order valence-electron chi connectivity index (χ4n) is 2.69. The average Bonchev–Trinajstić information content (AvgIpc) is 3.01. The van der Waals surface area contributed by atoms with E-state index in [1.807, 2.05) is 31.2 Å². The van der Waals surface area contributed by atoms with Gasteiger partial charge in [-0.3, -0.25) is 14.2 Å². The van der Waals surface area contributed by atoms with E-state index in [1.54, 1.807) is 42.9 Å². The molecule has 1 unspecified atom stereocenters. The van der Waals surface area contributed by atoms with Crippen LogP contribution in [0.2, 0.25) is 5.02 Å². The van der Waals surface area contributed by atoms with Gasteiger partial charge in [0.2, 0.25) is 0 Å². The van der Waals surface area contributed by atoms with Gasteiger partial charge in [-0.25, -0.2) is 0 Å². The number of carbonyl (C=O) groups is 2. The summed E-state index contributed by atoms with van der Waals surface area (Å²) in [4.78, 5) is 22.7. The second kappa shape index (κ2) is 10.1. The van der Waals surface area contributed by atoms with Crippen molar-refractivity contribution in [3.8, 4) is 5.75 Å². The number of ether oxygens (including phenoxy) is 2. The fourth-order valence-corrected chi connectivity index (χ4v) is 2.81. The highest BCUT2D eigenvalue weighted by Gasteiger charge is 2.15. The molecule has 3 rings (SSSR count). The summed E-state index contributed by atoms with van der Waals surface area (Å²) in [5.74, 6) is 0.355. The SMILES string of the molecule is CC(=O)OCC(C)O.COc1ccc2c(c1)cc(C)n2C(=O)c1ccc(Cl)cc1. The zero-order valence-electron chi connectivity index (χ0n) is 16.8. The van der Waals surface area contributed by atoms with Gasteiger partial charge in [-0.15, -0.1) is 0 Å². The number of carbonyl (C=O) groups excluding carboxylic acids is 2. The van der Waals surface area contributed by atoms with Crippen molar-refractivity contribution in [3.63, 3.8) is 0 Å². The Bertz CT molecular complexity index is 992. The molecule has 0 radical (unpaired) electrons. The van der Waals surface area contributed by atoms with Gasteiger partial charge in [0, 0.05) is 28.6 Å². The fraction of sp³-hybridized carbons (Fsp3) is 0.273. The van der Waals surface area contributed by atoms with Crippen LogP contribution in [0.3, 0.4) is 0 Å². The molecule has 1 N–H and O–H groups in total. The van der Waals surface area contributed by atoms with Crippen LogP contribution in [0.15, 0.2) is 48.5 Å². The molecule has 0 fully saturated rings. The molecule has 1 aromatic heterocycles. The molecule has 2 aromatic carbocycles. The summed E-state index contributed by atoms with van der Waals surface area (Å²) in [7, 11) is 1.63. The van der Waals surface area contributed by atoms with Crippen LogP contribution >= 0.6 is 11.6 Å². The number of hydrogen-bond acceptors (Lipinski definition) is 5. The summed E-state index contributed by atoms with van der Waals surface area (Å²) in [5.41, 5.74) is 2.36. The number of aryl methyl sites for hydroxylation is 1. The zero-order chi connectivity index (χ0) is 21.6. The van der Waals surface area contributed by atoms with Crippen LogP contribution in [0.25, 0.3) is 10.9 Å². The first-order valence-corrected chi connectivity index (χ1v) is 9.38. The number of benzene rings is 2. The van der Waals surface area contributed by atoms with Crippen molar-refractivity contribution in [2.75, 3.05) is 13.7 Å². The molecular formula is C22H24ClNO5.